The van der Waals surface area contributed by atoms with Gasteiger partial charge in [-0.2, -0.15) is 10.2 Å². The van der Waals surface area contributed by atoms with Gasteiger partial charge in [0.05, 0.1) is 22.6 Å². The van der Waals surface area contributed by atoms with Crippen LogP contribution in [-0.2, 0) is 4.74 Å². The van der Waals surface area contributed by atoms with Crippen molar-refractivity contribution < 1.29 is 9.53 Å². The molecule has 1 aliphatic rings. The molecule has 2 atom stereocenters. The maximum atomic E-state index is 12.7. The fourth-order valence-corrected chi connectivity index (χ4v) is 5.11. The number of nitriles is 1. The topological polar surface area (TPSA) is 109 Å². The van der Waals surface area contributed by atoms with Crippen LogP contribution in [0, 0.1) is 11.3 Å². The molecule has 9 heteroatoms. The Labute approximate surface area is 232 Å². The number of hydrogen-bond acceptors (Lipinski definition) is 8. The first kappa shape index (κ1) is 25.3. The summed E-state index contributed by atoms with van der Waals surface area (Å²) in [5.41, 5.74) is 4.69. The molecule has 200 valence electrons. The Morgan fingerprint density at radius 3 is 2.50 bits per heavy atom. The number of rotatable bonds is 4. The molecule has 3 aromatic carbocycles. The van der Waals surface area contributed by atoms with Crippen LogP contribution in [0.4, 0.5) is 16.6 Å². The number of para-hydroxylation sites is 1. The number of carbonyl (C=O) groups is 1. The van der Waals surface area contributed by atoms with E-state index >= 15 is 0 Å². The van der Waals surface area contributed by atoms with Gasteiger partial charge in [0, 0.05) is 24.9 Å². The van der Waals surface area contributed by atoms with Crippen molar-refractivity contribution in [3.63, 3.8) is 0 Å². The van der Waals surface area contributed by atoms with E-state index in [2.05, 4.69) is 28.5 Å². The van der Waals surface area contributed by atoms with Crippen LogP contribution < -0.4 is 10.2 Å². The van der Waals surface area contributed by atoms with E-state index in [1.54, 1.807) is 0 Å². The summed E-state index contributed by atoms with van der Waals surface area (Å²) in [4.78, 5) is 28.4. The number of imidazole rings is 1. The van der Waals surface area contributed by atoms with E-state index in [1.165, 1.54) is 10.9 Å². The van der Waals surface area contributed by atoms with Crippen molar-refractivity contribution in [1.82, 2.24) is 19.5 Å². The van der Waals surface area contributed by atoms with Gasteiger partial charge in [-0.05, 0) is 61.7 Å². The van der Waals surface area contributed by atoms with E-state index in [9.17, 15) is 10.1 Å². The molecule has 0 radical (unpaired) electrons. The second kappa shape index (κ2) is 9.65. The number of aromatic nitrogens is 4. The van der Waals surface area contributed by atoms with E-state index in [0.29, 0.717) is 18.0 Å². The van der Waals surface area contributed by atoms with E-state index in [0.717, 1.165) is 38.9 Å². The minimum absolute atomic E-state index is 0.0447. The van der Waals surface area contributed by atoms with Crippen LogP contribution in [0.5, 0.6) is 0 Å². The van der Waals surface area contributed by atoms with Gasteiger partial charge in [-0.15, -0.1) is 0 Å². The SMILES string of the molecule is CNc1nc(N2CC(c3ccc(-c4ccc5ncn(C(=O)OC(C)(C)C)c5c4)cc3)C2C#N)nc2ccccc12. The number of hydrogen-bond donors (Lipinski definition) is 1. The number of nitrogens with zero attached hydrogens (tertiary/aromatic N) is 6. The molecular formula is C31H29N7O2. The van der Waals surface area contributed by atoms with Crippen LogP contribution in [-0.4, -0.2) is 50.8 Å². The molecule has 0 aliphatic carbocycles. The Balaban J connectivity index is 1.24. The summed E-state index contributed by atoms with van der Waals surface area (Å²) in [6.07, 6.45) is 1.03. The van der Waals surface area contributed by atoms with Gasteiger partial charge in [0.15, 0.2) is 0 Å². The first-order chi connectivity index (χ1) is 19.3. The van der Waals surface area contributed by atoms with Gasteiger partial charge in [0.2, 0.25) is 5.95 Å². The third-order valence-corrected chi connectivity index (χ3v) is 7.14. The average molecular weight is 532 g/mol. The van der Waals surface area contributed by atoms with Gasteiger partial charge < -0.3 is 15.0 Å². The zero-order chi connectivity index (χ0) is 28.0. The maximum absolute atomic E-state index is 12.7. The zero-order valence-electron chi connectivity index (χ0n) is 22.8. The molecular weight excluding hydrogens is 502 g/mol. The van der Waals surface area contributed by atoms with Gasteiger partial charge >= 0.3 is 6.09 Å². The highest BCUT2D eigenvalue weighted by Crippen LogP contribution is 2.38. The molecule has 0 bridgehead atoms. The highest BCUT2D eigenvalue weighted by atomic mass is 16.6. The summed E-state index contributed by atoms with van der Waals surface area (Å²) in [7, 11) is 1.84. The van der Waals surface area contributed by atoms with Crippen molar-refractivity contribution in [2.24, 2.45) is 0 Å². The predicted octanol–water partition coefficient (Wildman–Crippen LogP) is 5.97. The summed E-state index contributed by atoms with van der Waals surface area (Å²) in [5.74, 6) is 1.34. The van der Waals surface area contributed by atoms with E-state index in [4.69, 9.17) is 14.7 Å². The summed E-state index contributed by atoms with van der Waals surface area (Å²) in [6.45, 7) is 6.16. The summed E-state index contributed by atoms with van der Waals surface area (Å²) in [5, 5.41) is 14.1. The molecule has 0 saturated carbocycles. The second-order valence-electron chi connectivity index (χ2n) is 10.9. The van der Waals surface area contributed by atoms with Gasteiger partial charge in [-0.3, -0.25) is 0 Å². The number of fused-ring (bicyclic) bond motifs is 2. The predicted molar refractivity (Wildman–Crippen MR) is 155 cm³/mol. The fourth-order valence-electron chi connectivity index (χ4n) is 5.11. The lowest BCUT2D eigenvalue weighted by atomic mass is 9.83. The van der Waals surface area contributed by atoms with Crippen molar-refractivity contribution in [2.45, 2.75) is 38.3 Å². The minimum atomic E-state index is -0.602. The fraction of sp³-hybridized carbons (Fsp3) is 0.258. The largest absolute Gasteiger partial charge is 0.443 e. The Kier molecular flexibility index (Phi) is 6.11. The quantitative estimate of drug-likeness (QED) is 0.302. The smallest absolute Gasteiger partial charge is 0.420 e. The molecule has 2 unspecified atom stereocenters. The van der Waals surface area contributed by atoms with E-state index < -0.39 is 11.7 Å². The summed E-state index contributed by atoms with van der Waals surface area (Å²) < 4.78 is 6.97. The third kappa shape index (κ3) is 4.47. The molecule has 2 aromatic heterocycles. The molecule has 1 N–H and O–H groups in total. The van der Waals surface area contributed by atoms with Gasteiger partial charge in [0.1, 0.15) is 23.8 Å². The molecule has 3 heterocycles. The molecule has 0 spiro atoms. The van der Waals surface area contributed by atoms with Crippen LogP contribution in [0.15, 0.2) is 73.1 Å². The van der Waals surface area contributed by atoms with Crippen LogP contribution in [0.3, 0.4) is 0 Å². The molecule has 1 fully saturated rings. The van der Waals surface area contributed by atoms with Gasteiger partial charge in [-0.1, -0.05) is 42.5 Å². The van der Waals surface area contributed by atoms with Crippen LogP contribution >= 0.6 is 0 Å². The Bertz CT molecular complexity index is 1780. The van der Waals surface area contributed by atoms with Crippen LogP contribution in [0.1, 0.15) is 32.3 Å². The highest BCUT2D eigenvalue weighted by Gasteiger charge is 2.42. The molecule has 0 amide bonds. The maximum Gasteiger partial charge on any atom is 0.420 e. The Hall–Kier alpha value is -4.97. The molecule has 40 heavy (non-hydrogen) atoms. The lowest BCUT2D eigenvalue weighted by molar-refractivity contribution is 0.0543. The lowest BCUT2D eigenvalue weighted by Crippen LogP contribution is -2.54. The first-order valence-corrected chi connectivity index (χ1v) is 13.2. The monoisotopic (exact) mass is 531 g/mol. The Morgan fingerprint density at radius 2 is 1.77 bits per heavy atom. The van der Waals surface area contributed by atoms with E-state index in [-0.39, 0.29) is 12.0 Å². The second-order valence-corrected chi connectivity index (χ2v) is 10.9. The summed E-state index contributed by atoms with van der Waals surface area (Å²) >= 11 is 0. The number of ether oxygens (including phenoxy) is 1. The standard InChI is InChI=1S/C31H29N7O2/c1-31(2,3)40-30(39)38-18-34-25-14-13-21(15-26(25)38)19-9-11-20(12-10-19)23-17-37(27(23)16-32)29-35-24-8-6-5-7-22(24)28(33-4)36-29/h5-15,18,23,27H,17H2,1-4H3,(H,33,35,36). The highest BCUT2D eigenvalue weighted by molar-refractivity contribution is 5.91. The van der Waals surface area contributed by atoms with Crippen LogP contribution in [0.25, 0.3) is 33.1 Å². The van der Waals surface area contributed by atoms with Gasteiger partial charge in [-0.25, -0.2) is 19.3 Å². The Morgan fingerprint density at radius 1 is 1.02 bits per heavy atom. The van der Waals surface area contributed by atoms with Crippen molar-refractivity contribution in [3.05, 3.63) is 78.6 Å². The molecule has 9 nitrogen and oxygen atoms in total. The molecule has 5 aromatic rings. The summed E-state index contributed by atoms with van der Waals surface area (Å²) in [6, 6.07) is 24.0. The third-order valence-electron chi connectivity index (χ3n) is 7.14. The first-order valence-electron chi connectivity index (χ1n) is 13.2. The van der Waals surface area contributed by atoms with Crippen molar-refractivity contribution in [3.8, 4) is 17.2 Å². The molecule has 1 saturated heterocycles. The lowest BCUT2D eigenvalue weighted by Gasteiger charge is -2.44. The molecule has 6 rings (SSSR count). The average Bonchev–Trinajstić information content (AvgIpc) is 3.35. The number of nitrogens with one attached hydrogen (secondary N) is 1. The van der Waals surface area contributed by atoms with Crippen molar-refractivity contribution in [1.29, 1.82) is 5.26 Å². The van der Waals surface area contributed by atoms with Gasteiger partial charge in [0.25, 0.3) is 0 Å². The van der Waals surface area contributed by atoms with Crippen molar-refractivity contribution in [2.75, 3.05) is 23.8 Å². The molecule has 1 aliphatic heterocycles. The number of carbonyl (C=O) groups excluding carboxylic acids is 1. The number of benzene rings is 3. The number of anilines is 2. The minimum Gasteiger partial charge on any atom is -0.443 e. The normalized spacial score (nSPS) is 16.9. The van der Waals surface area contributed by atoms with Crippen molar-refractivity contribution >= 4 is 39.8 Å². The zero-order valence-corrected chi connectivity index (χ0v) is 22.8. The van der Waals surface area contributed by atoms with E-state index in [1.807, 2.05) is 87.3 Å². The van der Waals surface area contributed by atoms with Crippen LogP contribution in [0.2, 0.25) is 0 Å².